The molecule has 0 radical (unpaired) electrons. The molecular weight excluding hydrogens is 284 g/mol. The van der Waals surface area contributed by atoms with Crippen LogP contribution in [0.4, 0.5) is 0 Å². The summed E-state index contributed by atoms with van der Waals surface area (Å²) in [5.41, 5.74) is 0.121. The largest absolute Gasteiger partial charge is 0.476 e. The van der Waals surface area contributed by atoms with Gasteiger partial charge in [-0.05, 0) is 26.0 Å². The van der Waals surface area contributed by atoms with Gasteiger partial charge >= 0.3 is 5.97 Å². The zero-order valence-electron chi connectivity index (χ0n) is 11.5. The molecule has 0 aromatic carbocycles. The summed E-state index contributed by atoms with van der Waals surface area (Å²) in [7, 11) is -3.65. The van der Waals surface area contributed by atoms with Crippen molar-refractivity contribution in [3.63, 3.8) is 0 Å². The highest BCUT2D eigenvalue weighted by atomic mass is 32.2. The van der Waals surface area contributed by atoms with Crippen molar-refractivity contribution in [2.75, 3.05) is 12.4 Å². The maximum absolute atomic E-state index is 11.8. The van der Waals surface area contributed by atoms with E-state index in [1.807, 2.05) is 0 Å². The number of sulfone groups is 1. The Balaban J connectivity index is 3.39. The second kappa shape index (κ2) is 6.47. The fourth-order valence-corrected chi connectivity index (χ4v) is 2.43. The molecule has 0 fully saturated rings. The van der Waals surface area contributed by atoms with E-state index < -0.39 is 21.5 Å². The summed E-state index contributed by atoms with van der Waals surface area (Å²) in [5.74, 6) is -1.59. The number of carboxylic acid groups (broad SMARTS) is 1. The zero-order valence-corrected chi connectivity index (χ0v) is 12.3. The summed E-state index contributed by atoms with van der Waals surface area (Å²) < 4.78 is 23.6. The quantitative estimate of drug-likeness (QED) is 0.627. The maximum Gasteiger partial charge on any atom is 0.355 e. The van der Waals surface area contributed by atoms with E-state index >= 15 is 0 Å². The number of aromatic nitrogens is 1. The molecule has 0 saturated heterocycles. The van der Waals surface area contributed by atoms with Gasteiger partial charge in [-0.3, -0.25) is 0 Å². The Morgan fingerprint density at radius 1 is 1.40 bits per heavy atom. The highest BCUT2D eigenvalue weighted by Crippen LogP contribution is 2.17. The highest BCUT2D eigenvalue weighted by Gasteiger charge is 2.23. The molecule has 8 heteroatoms. The molecule has 0 aliphatic carbocycles. The third kappa shape index (κ3) is 3.53. The van der Waals surface area contributed by atoms with Crippen LogP contribution in [0.2, 0.25) is 0 Å². The third-order valence-electron chi connectivity index (χ3n) is 2.48. The molecule has 1 aromatic rings. The molecule has 110 valence electrons. The second-order valence-electron chi connectivity index (χ2n) is 3.85. The molecule has 7 nitrogen and oxygen atoms in total. The van der Waals surface area contributed by atoms with Crippen molar-refractivity contribution in [2.45, 2.75) is 25.7 Å². The summed E-state index contributed by atoms with van der Waals surface area (Å²) >= 11 is 0. The SMILES string of the molecule is CCO/N=C(\C)c1ccc(S(=O)(=O)CC)c(C(=O)O)n1. The van der Waals surface area contributed by atoms with Crippen LogP contribution in [-0.4, -0.2) is 42.5 Å². The molecule has 0 saturated carbocycles. The number of carboxylic acids is 1. The lowest BCUT2D eigenvalue weighted by atomic mass is 10.2. The van der Waals surface area contributed by atoms with Crippen molar-refractivity contribution in [3.05, 3.63) is 23.5 Å². The van der Waals surface area contributed by atoms with Crippen LogP contribution in [0, 0.1) is 0 Å². The van der Waals surface area contributed by atoms with E-state index in [-0.39, 0.29) is 16.3 Å². The molecule has 1 N–H and O–H groups in total. The second-order valence-corrected chi connectivity index (χ2v) is 6.09. The van der Waals surface area contributed by atoms with E-state index in [4.69, 9.17) is 9.94 Å². The normalized spacial score (nSPS) is 12.2. The minimum absolute atomic E-state index is 0.194. The van der Waals surface area contributed by atoms with Crippen molar-refractivity contribution >= 4 is 21.5 Å². The van der Waals surface area contributed by atoms with Crippen LogP contribution in [-0.2, 0) is 14.7 Å². The van der Waals surface area contributed by atoms with Crippen LogP contribution in [0.15, 0.2) is 22.2 Å². The Kier molecular flexibility index (Phi) is 5.20. The molecule has 20 heavy (non-hydrogen) atoms. The first-order chi connectivity index (χ1) is 9.33. The number of nitrogens with zero attached hydrogens (tertiary/aromatic N) is 2. The molecule has 1 aromatic heterocycles. The van der Waals surface area contributed by atoms with E-state index in [0.717, 1.165) is 0 Å². The third-order valence-corrected chi connectivity index (χ3v) is 4.24. The van der Waals surface area contributed by atoms with Gasteiger partial charge in [-0.1, -0.05) is 12.1 Å². The monoisotopic (exact) mass is 300 g/mol. The number of pyridine rings is 1. The van der Waals surface area contributed by atoms with Gasteiger partial charge in [0.15, 0.2) is 15.5 Å². The van der Waals surface area contributed by atoms with Crippen molar-refractivity contribution in [2.24, 2.45) is 5.16 Å². The van der Waals surface area contributed by atoms with Gasteiger partial charge in [0, 0.05) is 0 Å². The fraction of sp³-hybridized carbons (Fsp3) is 0.417. The molecule has 0 amide bonds. The van der Waals surface area contributed by atoms with Crippen LogP contribution in [0.1, 0.15) is 37.0 Å². The number of oxime groups is 1. The van der Waals surface area contributed by atoms with Crippen molar-refractivity contribution in [1.29, 1.82) is 0 Å². The lowest BCUT2D eigenvalue weighted by Gasteiger charge is -2.07. The lowest BCUT2D eigenvalue weighted by molar-refractivity contribution is 0.0685. The van der Waals surface area contributed by atoms with Crippen LogP contribution in [0.5, 0.6) is 0 Å². The summed E-state index contributed by atoms with van der Waals surface area (Å²) in [4.78, 5) is 19.6. The van der Waals surface area contributed by atoms with Gasteiger partial charge in [0.2, 0.25) is 0 Å². The average molecular weight is 300 g/mol. The van der Waals surface area contributed by atoms with Gasteiger partial charge in [0.25, 0.3) is 0 Å². The summed E-state index contributed by atoms with van der Waals surface area (Å²) in [6.45, 7) is 5.16. The zero-order chi connectivity index (χ0) is 15.3. The van der Waals surface area contributed by atoms with Crippen LogP contribution >= 0.6 is 0 Å². The lowest BCUT2D eigenvalue weighted by Crippen LogP contribution is -2.15. The first-order valence-corrected chi connectivity index (χ1v) is 7.62. The Morgan fingerprint density at radius 2 is 2.05 bits per heavy atom. The summed E-state index contributed by atoms with van der Waals surface area (Å²) in [6, 6.07) is 2.64. The predicted molar refractivity (Wildman–Crippen MR) is 72.8 cm³/mol. The van der Waals surface area contributed by atoms with E-state index in [1.165, 1.54) is 19.1 Å². The number of hydrogen-bond acceptors (Lipinski definition) is 6. The molecule has 0 bridgehead atoms. The Labute approximate surface area is 117 Å². The molecule has 1 rings (SSSR count). The van der Waals surface area contributed by atoms with E-state index in [2.05, 4.69) is 10.1 Å². The average Bonchev–Trinajstić information content (AvgIpc) is 2.43. The van der Waals surface area contributed by atoms with Crippen LogP contribution in [0.25, 0.3) is 0 Å². The summed E-state index contributed by atoms with van der Waals surface area (Å²) in [6.07, 6.45) is 0. The molecule has 0 aliphatic rings. The number of rotatable bonds is 6. The van der Waals surface area contributed by atoms with E-state index in [1.54, 1.807) is 13.8 Å². The predicted octanol–water partition coefficient (Wildman–Crippen LogP) is 1.33. The molecular formula is C12H16N2O5S. The minimum atomic E-state index is -3.65. The number of carbonyl (C=O) groups is 1. The summed E-state index contributed by atoms with van der Waals surface area (Å²) in [5, 5.41) is 12.8. The first kappa shape index (κ1) is 16.1. The minimum Gasteiger partial charge on any atom is -0.476 e. The maximum atomic E-state index is 11.8. The molecule has 0 atom stereocenters. The van der Waals surface area contributed by atoms with Gasteiger partial charge in [-0.2, -0.15) is 0 Å². The fourth-order valence-electron chi connectivity index (χ4n) is 1.42. The standard InChI is InChI=1S/C12H16N2O5S/c1-4-19-14-8(3)9-6-7-10(20(17,18)5-2)11(13-9)12(15)16/h6-7H,4-5H2,1-3H3,(H,15,16)/b14-8+. The van der Waals surface area contributed by atoms with E-state index in [0.29, 0.717) is 12.3 Å². The van der Waals surface area contributed by atoms with Gasteiger partial charge in [-0.25, -0.2) is 18.2 Å². The molecule has 0 aliphatic heterocycles. The smallest absolute Gasteiger partial charge is 0.355 e. The first-order valence-electron chi connectivity index (χ1n) is 5.97. The van der Waals surface area contributed by atoms with Gasteiger partial charge < -0.3 is 9.94 Å². The highest BCUT2D eigenvalue weighted by molar-refractivity contribution is 7.91. The Morgan fingerprint density at radius 3 is 2.55 bits per heavy atom. The van der Waals surface area contributed by atoms with Gasteiger partial charge in [-0.15, -0.1) is 0 Å². The molecule has 0 spiro atoms. The van der Waals surface area contributed by atoms with E-state index in [9.17, 15) is 13.2 Å². The number of aromatic carboxylic acids is 1. The van der Waals surface area contributed by atoms with Crippen molar-refractivity contribution in [1.82, 2.24) is 4.98 Å². The van der Waals surface area contributed by atoms with Gasteiger partial charge in [0.05, 0.1) is 11.4 Å². The van der Waals surface area contributed by atoms with Crippen molar-refractivity contribution in [3.8, 4) is 0 Å². The van der Waals surface area contributed by atoms with Crippen molar-refractivity contribution < 1.29 is 23.2 Å². The topological polar surface area (TPSA) is 106 Å². The van der Waals surface area contributed by atoms with Crippen LogP contribution < -0.4 is 0 Å². The molecule has 1 heterocycles. The Hall–Kier alpha value is -1.96. The molecule has 0 unspecified atom stereocenters. The van der Waals surface area contributed by atoms with Gasteiger partial charge in [0.1, 0.15) is 17.2 Å². The number of hydrogen-bond donors (Lipinski definition) is 1. The Bertz CT molecular complexity index is 637. The van der Waals surface area contributed by atoms with Crippen LogP contribution in [0.3, 0.4) is 0 Å².